The number of fused-ring (bicyclic) bond motifs is 1. The summed E-state index contributed by atoms with van der Waals surface area (Å²) in [5, 5.41) is 4.51. The molecule has 0 unspecified atom stereocenters. The Morgan fingerprint density at radius 1 is 1.00 bits per heavy atom. The zero-order valence-electron chi connectivity index (χ0n) is 13.5. The average molecular weight is 306 g/mol. The molecule has 0 bridgehead atoms. The third-order valence-electron chi connectivity index (χ3n) is 4.14. The van der Waals surface area contributed by atoms with E-state index < -0.39 is 0 Å². The molecule has 0 aliphatic heterocycles. The van der Waals surface area contributed by atoms with Crippen LogP contribution in [0.25, 0.3) is 10.9 Å². The van der Waals surface area contributed by atoms with E-state index in [2.05, 4.69) is 35.6 Å². The van der Waals surface area contributed by atoms with Crippen LogP contribution in [0.15, 0.2) is 65.5 Å². The molecule has 1 N–H and O–H groups in total. The van der Waals surface area contributed by atoms with Gasteiger partial charge in [0.15, 0.2) is 0 Å². The molecule has 23 heavy (non-hydrogen) atoms. The molecule has 3 aromatic rings. The van der Waals surface area contributed by atoms with Crippen molar-refractivity contribution in [2.24, 2.45) is 0 Å². The van der Waals surface area contributed by atoms with Crippen molar-refractivity contribution in [2.45, 2.75) is 26.4 Å². The number of rotatable bonds is 6. The van der Waals surface area contributed by atoms with Crippen LogP contribution in [0, 0.1) is 0 Å². The highest BCUT2D eigenvalue weighted by Gasteiger charge is 2.07. The van der Waals surface area contributed by atoms with Crippen molar-refractivity contribution >= 4 is 10.9 Å². The molecule has 3 rings (SSSR count). The number of pyridine rings is 1. The van der Waals surface area contributed by atoms with E-state index in [1.807, 2.05) is 41.8 Å². The Morgan fingerprint density at radius 3 is 2.52 bits per heavy atom. The van der Waals surface area contributed by atoms with Gasteiger partial charge in [0.1, 0.15) is 0 Å². The highest BCUT2D eigenvalue weighted by Crippen LogP contribution is 2.13. The van der Waals surface area contributed by atoms with Crippen molar-refractivity contribution in [2.75, 3.05) is 6.54 Å². The molecule has 0 atom stereocenters. The second-order valence-electron chi connectivity index (χ2n) is 5.69. The number of benzene rings is 2. The van der Waals surface area contributed by atoms with Gasteiger partial charge in [-0.2, -0.15) is 0 Å². The molecule has 3 nitrogen and oxygen atoms in total. The maximum atomic E-state index is 12.6. The van der Waals surface area contributed by atoms with Crippen molar-refractivity contribution in [1.29, 1.82) is 0 Å². The minimum atomic E-state index is 0.110. The van der Waals surface area contributed by atoms with Crippen LogP contribution >= 0.6 is 0 Å². The third kappa shape index (κ3) is 3.51. The zero-order chi connectivity index (χ0) is 16.1. The smallest absolute Gasteiger partial charge is 0.255 e. The first-order chi connectivity index (χ1) is 11.3. The summed E-state index contributed by atoms with van der Waals surface area (Å²) in [6.07, 6.45) is 0.969. The van der Waals surface area contributed by atoms with Crippen LogP contribution in [0.4, 0.5) is 0 Å². The predicted molar refractivity (Wildman–Crippen MR) is 95.7 cm³/mol. The number of para-hydroxylation sites is 1. The molecule has 0 fully saturated rings. The summed E-state index contributed by atoms with van der Waals surface area (Å²) in [6, 6.07) is 20.5. The zero-order valence-corrected chi connectivity index (χ0v) is 13.5. The van der Waals surface area contributed by atoms with Gasteiger partial charge in [0.05, 0.1) is 5.52 Å². The van der Waals surface area contributed by atoms with Gasteiger partial charge in [0, 0.05) is 18.7 Å². The maximum Gasteiger partial charge on any atom is 0.255 e. The molecule has 0 aliphatic rings. The molecular weight excluding hydrogens is 284 g/mol. The first-order valence-electron chi connectivity index (χ1n) is 8.15. The van der Waals surface area contributed by atoms with Crippen molar-refractivity contribution in [1.82, 2.24) is 9.88 Å². The highest BCUT2D eigenvalue weighted by atomic mass is 16.1. The topological polar surface area (TPSA) is 34.0 Å². The van der Waals surface area contributed by atoms with Crippen LogP contribution in [-0.2, 0) is 19.5 Å². The first kappa shape index (κ1) is 15.5. The second kappa shape index (κ2) is 7.25. The Labute approximate surface area is 136 Å². The molecule has 0 spiro atoms. The van der Waals surface area contributed by atoms with Gasteiger partial charge in [0.25, 0.3) is 5.56 Å². The van der Waals surface area contributed by atoms with Gasteiger partial charge in [0.2, 0.25) is 0 Å². The van der Waals surface area contributed by atoms with Gasteiger partial charge < -0.3 is 9.88 Å². The SMILES string of the molecule is CCn1c(=O)c(CNCCc2ccccc2)cc2ccccc21. The summed E-state index contributed by atoms with van der Waals surface area (Å²) >= 11 is 0. The van der Waals surface area contributed by atoms with Gasteiger partial charge in [-0.3, -0.25) is 4.79 Å². The minimum Gasteiger partial charge on any atom is -0.312 e. The lowest BCUT2D eigenvalue weighted by Gasteiger charge is -2.11. The van der Waals surface area contributed by atoms with Crippen LogP contribution in [0.3, 0.4) is 0 Å². The van der Waals surface area contributed by atoms with E-state index in [9.17, 15) is 4.79 Å². The number of aromatic nitrogens is 1. The normalized spacial score (nSPS) is 11.0. The molecule has 0 saturated heterocycles. The number of nitrogens with zero attached hydrogens (tertiary/aromatic N) is 1. The van der Waals surface area contributed by atoms with E-state index >= 15 is 0 Å². The first-order valence-corrected chi connectivity index (χ1v) is 8.15. The van der Waals surface area contributed by atoms with E-state index in [1.54, 1.807) is 0 Å². The molecular formula is C20H22N2O. The van der Waals surface area contributed by atoms with Crippen LogP contribution < -0.4 is 10.9 Å². The quantitative estimate of drug-likeness (QED) is 0.709. The molecule has 0 amide bonds. The Kier molecular flexibility index (Phi) is 4.89. The fraction of sp³-hybridized carbons (Fsp3) is 0.250. The number of hydrogen-bond donors (Lipinski definition) is 1. The Balaban J connectivity index is 1.73. The highest BCUT2D eigenvalue weighted by molar-refractivity contribution is 5.79. The lowest BCUT2D eigenvalue weighted by Crippen LogP contribution is -2.27. The van der Waals surface area contributed by atoms with E-state index in [0.717, 1.165) is 29.4 Å². The summed E-state index contributed by atoms with van der Waals surface area (Å²) < 4.78 is 1.85. The van der Waals surface area contributed by atoms with Crippen LogP contribution in [0.2, 0.25) is 0 Å². The fourth-order valence-corrected chi connectivity index (χ4v) is 2.93. The second-order valence-corrected chi connectivity index (χ2v) is 5.69. The largest absolute Gasteiger partial charge is 0.312 e. The third-order valence-corrected chi connectivity index (χ3v) is 4.14. The molecule has 0 aliphatic carbocycles. The summed E-state index contributed by atoms with van der Waals surface area (Å²) in [5.41, 5.74) is 3.26. The summed E-state index contributed by atoms with van der Waals surface area (Å²) in [5.74, 6) is 0. The number of aryl methyl sites for hydroxylation is 1. The Morgan fingerprint density at radius 2 is 1.74 bits per heavy atom. The molecule has 3 heteroatoms. The van der Waals surface area contributed by atoms with Crippen molar-refractivity contribution in [3.05, 3.63) is 82.1 Å². The summed E-state index contributed by atoms with van der Waals surface area (Å²) in [4.78, 5) is 12.6. The monoisotopic (exact) mass is 306 g/mol. The average Bonchev–Trinajstić information content (AvgIpc) is 2.60. The van der Waals surface area contributed by atoms with Crippen molar-refractivity contribution in [3.8, 4) is 0 Å². The molecule has 0 radical (unpaired) electrons. The minimum absolute atomic E-state index is 0.110. The van der Waals surface area contributed by atoms with Crippen molar-refractivity contribution < 1.29 is 0 Å². The predicted octanol–water partition coefficient (Wildman–Crippen LogP) is 3.35. The fourth-order valence-electron chi connectivity index (χ4n) is 2.93. The number of hydrogen-bond acceptors (Lipinski definition) is 2. The lowest BCUT2D eigenvalue weighted by molar-refractivity contribution is 0.667. The van der Waals surface area contributed by atoms with Gasteiger partial charge in [-0.1, -0.05) is 48.5 Å². The molecule has 1 aromatic heterocycles. The lowest BCUT2D eigenvalue weighted by atomic mass is 10.1. The van der Waals surface area contributed by atoms with Gasteiger partial charge in [-0.25, -0.2) is 0 Å². The molecule has 2 aromatic carbocycles. The molecule has 0 saturated carbocycles. The van der Waals surface area contributed by atoms with Crippen molar-refractivity contribution in [3.63, 3.8) is 0 Å². The molecule has 118 valence electrons. The maximum absolute atomic E-state index is 12.6. The molecule has 1 heterocycles. The Bertz CT molecular complexity index is 837. The summed E-state index contributed by atoms with van der Waals surface area (Å²) in [7, 11) is 0. The van der Waals surface area contributed by atoms with E-state index in [4.69, 9.17) is 0 Å². The van der Waals surface area contributed by atoms with E-state index in [-0.39, 0.29) is 5.56 Å². The number of nitrogens with one attached hydrogen (secondary N) is 1. The van der Waals surface area contributed by atoms with Crippen LogP contribution in [0.1, 0.15) is 18.1 Å². The van der Waals surface area contributed by atoms with E-state index in [0.29, 0.717) is 13.1 Å². The van der Waals surface area contributed by atoms with E-state index in [1.165, 1.54) is 5.56 Å². The van der Waals surface area contributed by atoms with Crippen LogP contribution in [0.5, 0.6) is 0 Å². The summed E-state index contributed by atoms with van der Waals surface area (Å²) in [6.45, 7) is 4.18. The standard InChI is InChI=1S/C20H22N2O/c1-2-22-19-11-7-6-10-17(19)14-18(20(22)23)15-21-13-12-16-8-4-3-5-9-16/h3-11,14,21H,2,12-13,15H2,1H3. The van der Waals surface area contributed by atoms with Gasteiger partial charge >= 0.3 is 0 Å². The van der Waals surface area contributed by atoms with Crippen LogP contribution in [-0.4, -0.2) is 11.1 Å². The van der Waals surface area contributed by atoms with Gasteiger partial charge in [-0.05, 0) is 43.0 Å². The van der Waals surface area contributed by atoms with Gasteiger partial charge in [-0.15, -0.1) is 0 Å². The Hall–Kier alpha value is -2.39.